The molecule has 0 aliphatic carbocycles. The Morgan fingerprint density at radius 1 is 1.10 bits per heavy atom. The fourth-order valence-corrected chi connectivity index (χ4v) is 4.03. The Balaban J connectivity index is 1.29. The Morgan fingerprint density at radius 3 is 2.70 bits per heavy atom. The summed E-state index contributed by atoms with van der Waals surface area (Å²) < 4.78 is 5.40. The minimum absolute atomic E-state index is 0.0242. The van der Waals surface area contributed by atoms with E-state index in [1.54, 1.807) is 11.1 Å². The van der Waals surface area contributed by atoms with Crippen molar-refractivity contribution >= 4 is 5.91 Å². The first-order valence-electron chi connectivity index (χ1n) is 10.1. The lowest BCUT2D eigenvalue weighted by atomic mass is 9.97. The molecule has 1 fully saturated rings. The van der Waals surface area contributed by atoms with Gasteiger partial charge in [0.25, 0.3) is 5.91 Å². The SMILES string of the molecule is Cc1ccc(-c2noc(CN3C=CN4NC(c5ccccc5C)CC4C3=O)n2)cc1. The second kappa shape index (κ2) is 7.42. The minimum Gasteiger partial charge on any atom is -0.337 e. The number of hydrazine groups is 1. The van der Waals surface area contributed by atoms with Gasteiger partial charge >= 0.3 is 0 Å². The molecule has 2 aliphatic heterocycles. The van der Waals surface area contributed by atoms with Gasteiger partial charge in [0.05, 0.1) is 6.04 Å². The van der Waals surface area contributed by atoms with Gasteiger partial charge in [0.1, 0.15) is 12.6 Å². The molecule has 30 heavy (non-hydrogen) atoms. The monoisotopic (exact) mass is 401 g/mol. The smallest absolute Gasteiger partial charge is 0.251 e. The second-order valence-corrected chi connectivity index (χ2v) is 7.84. The van der Waals surface area contributed by atoms with Gasteiger partial charge in [-0.15, -0.1) is 0 Å². The molecule has 0 spiro atoms. The summed E-state index contributed by atoms with van der Waals surface area (Å²) in [5.41, 5.74) is 7.95. The molecule has 0 bridgehead atoms. The van der Waals surface area contributed by atoms with Crippen molar-refractivity contribution in [1.29, 1.82) is 0 Å². The van der Waals surface area contributed by atoms with E-state index in [0.717, 1.165) is 5.56 Å². The van der Waals surface area contributed by atoms with Crippen LogP contribution >= 0.6 is 0 Å². The van der Waals surface area contributed by atoms with Crippen LogP contribution in [0.3, 0.4) is 0 Å². The van der Waals surface area contributed by atoms with Crippen LogP contribution in [0.2, 0.25) is 0 Å². The molecule has 1 aromatic heterocycles. The van der Waals surface area contributed by atoms with E-state index in [-0.39, 0.29) is 24.5 Å². The molecule has 0 radical (unpaired) electrons. The number of nitrogens with zero attached hydrogens (tertiary/aromatic N) is 4. The van der Waals surface area contributed by atoms with Crippen LogP contribution in [0.1, 0.15) is 35.0 Å². The number of fused-ring (bicyclic) bond motifs is 1. The molecule has 2 unspecified atom stereocenters. The quantitative estimate of drug-likeness (QED) is 0.721. The predicted octanol–water partition coefficient (Wildman–Crippen LogP) is 3.49. The third-order valence-corrected chi connectivity index (χ3v) is 5.72. The number of hydrogen-bond donors (Lipinski definition) is 1. The Labute approximate surface area is 175 Å². The molecule has 7 nitrogen and oxygen atoms in total. The standard InChI is InChI=1S/C23H23N5O2/c1-15-7-9-17(10-8-15)22-24-21(30-26-22)14-27-11-12-28-20(23(27)29)13-19(25-28)18-6-4-3-5-16(18)2/h3-12,19-20,25H,13-14H2,1-2H3. The van der Waals surface area contributed by atoms with E-state index in [1.807, 2.05) is 54.5 Å². The van der Waals surface area contributed by atoms with E-state index in [0.29, 0.717) is 18.1 Å². The normalized spacial score (nSPS) is 20.7. The maximum absolute atomic E-state index is 13.1. The van der Waals surface area contributed by atoms with E-state index in [2.05, 4.69) is 34.6 Å². The number of nitrogens with one attached hydrogen (secondary N) is 1. The Kier molecular flexibility index (Phi) is 4.59. The van der Waals surface area contributed by atoms with Crippen LogP contribution in [-0.2, 0) is 11.3 Å². The van der Waals surface area contributed by atoms with Crippen LogP contribution in [0.5, 0.6) is 0 Å². The summed E-state index contributed by atoms with van der Waals surface area (Å²) >= 11 is 0. The summed E-state index contributed by atoms with van der Waals surface area (Å²) in [6, 6.07) is 16.1. The van der Waals surface area contributed by atoms with Crippen molar-refractivity contribution in [2.75, 3.05) is 0 Å². The van der Waals surface area contributed by atoms with Gasteiger partial charge in [0, 0.05) is 18.0 Å². The van der Waals surface area contributed by atoms with Crippen molar-refractivity contribution < 1.29 is 9.32 Å². The zero-order chi connectivity index (χ0) is 20.7. The van der Waals surface area contributed by atoms with Crippen molar-refractivity contribution in [3.8, 4) is 11.4 Å². The lowest BCUT2D eigenvalue weighted by Gasteiger charge is -2.30. The molecule has 152 valence electrons. The fourth-order valence-electron chi connectivity index (χ4n) is 4.03. The molecule has 7 heteroatoms. The Hall–Kier alpha value is -3.45. The van der Waals surface area contributed by atoms with Crippen molar-refractivity contribution in [2.45, 2.75) is 38.9 Å². The molecule has 3 heterocycles. The molecular weight excluding hydrogens is 378 g/mol. The van der Waals surface area contributed by atoms with Gasteiger partial charge in [-0.2, -0.15) is 4.98 Å². The highest BCUT2D eigenvalue weighted by Crippen LogP contribution is 2.32. The largest absolute Gasteiger partial charge is 0.337 e. The van der Waals surface area contributed by atoms with Crippen LogP contribution in [0.25, 0.3) is 11.4 Å². The number of benzene rings is 2. The zero-order valence-corrected chi connectivity index (χ0v) is 16.9. The Bertz CT molecular complexity index is 1100. The van der Waals surface area contributed by atoms with Gasteiger partial charge in [0.2, 0.25) is 11.7 Å². The maximum Gasteiger partial charge on any atom is 0.251 e. The second-order valence-electron chi connectivity index (χ2n) is 7.84. The molecule has 1 saturated heterocycles. The van der Waals surface area contributed by atoms with E-state index in [9.17, 15) is 4.79 Å². The lowest BCUT2D eigenvalue weighted by molar-refractivity contribution is -0.135. The van der Waals surface area contributed by atoms with Crippen LogP contribution < -0.4 is 5.43 Å². The summed E-state index contributed by atoms with van der Waals surface area (Å²) in [5, 5.41) is 5.97. The van der Waals surface area contributed by atoms with Crippen molar-refractivity contribution in [3.05, 3.63) is 83.5 Å². The number of rotatable bonds is 4. The minimum atomic E-state index is -0.251. The topological polar surface area (TPSA) is 74.5 Å². The van der Waals surface area contributed by atoms with Crippen LogP contribution in [0, 0.1) is 13.8 Å². The highest BCUT2D eigenvalue weighted by molar-refractivity contribution is 5.84. The zero-order valence-electron chi connectivity index (χ0n) is 16.9. The van der Waals surface area contributed by atoms with Crippen LogP contribution in [-0.4, -0.2) is 32.0 Å². The molecule has 1 amide bonds. The van der Waals surface area contributed by atoms with Gasteiger partial charge in [-0.1, -0.05) is 59.3 Å². The first-order valence-corrected chi connectivity index (χ1v) is 10.1. The predicted molar refractivity (Wildman–Crippen MR) is 111 cm³/mol. The molecule has 5 rings (SSSR count). The third-order valence-electron chi connectivity index (χ3n) is 5.72. The van der Waals surface area contributed by atoms with E-state index in [1.165, 1.54) is 16.7 Å². The van der Waals surface area contributed by atoms with Crippen LogP contribution in [0.4, 0.5) is 0 Å². The molecule has 0 saturated carbocycles. The summed E-state index contributed by atoms with van der Waals surface area (Å²) in [6.45, 7) is 4.39. The van der Waals surface area contributed by atoms with E-state index in [4.69, 9.17) is 4.52 Å². The maximum atomic E-state index is 13.1. The van der Waals surface area contributed by atoms with Crippen LogP contribution in [0.15, 0.2) is 65.5 Å². The summed E-state index contributed by atoms with van der Waals surface area (Å²) in [4.78, 5) is 19.2. The summed E-state index contributed by atoms with van der Waals surface area (Å²) in [6.07, 6.45) is 4.38. The average molecular weight is 401 g/mol. The van der Waals surface area contributed by atoms with Gasteiger partial charge < -0.3 is 14.4 Å². The third kappa shape index (κ3) is 3.37. The molecular formula is C23H23N5O2. The molecule has 2 aliphatic rings. The Morgan fingerprint density at radius 2 is 1.90 bits per heavy atom. The van der Waals surface area contributed by atoms with Gasteiger partial charge in [0.15, 0.2) is 0 Å². The lowest BCUT2D eigenvalue weighted by Crippen LogP contribution is -2.47. The highest BCUT2D eigenvalue weighted by atomic mass is 16.5. The van der Waals surface area contributed by atoms with E-state index < -0.39 is 0 Å². The first kappa shape index (κ1) is 18.6. The van der Waals surface area contributed by atoms with Gasteiger partial charge in [-0.05, 0) is 31.4 Å². The number of aromatic nitrogens is 2. The number of aryl methyl sites for hydroxylation is 2. The van der Waals surface area contributed by atoms with Gasteiger partial charge in [-0.25, -0.2) is 5.43 Å². The number of hydrogen-bond acceptors (Lipinski definition) is 6. The molecule has 2 atom stereocenters. The molecule has 2 aromatic carbocycles. The number of amides is 1. The van der Waals surface area contributed by atoms with Gasteiger partial charge in [-0.3, -0.25) is 4.79 Å². The fraction of sp³-hybridized carbons (Fsp3) is 0.261. The summed E-state index contributed by atoms with van der Waals surface area (Å²) in [7, 11) is 0. The number of carbonyl (C=O) groups excluding carboxylic acids is 1. The van der Waals surface area contributed by atoms with E-state index >= 15 is 0 Å². The summed E-state index contributed by atoms with van der Waals surface area (Å²) in [5.74, 6) is 0.969. The molecule has 3 aromatic rings. The average Bonchev–Trinajstić information content (AvgIpc) is 3.39. The van der Waals surface area contributed by atoms with Crippen molar-refractivity contribution in [2.24, 2.45) is 0 Å². The van der Waals surface area contributed by atoms with Crippen molar-refractivity contribution in [1.82, 2.24) is 25.5 Å². The molecule has 1 N–H and O–H groups in total. The van der Waals surface area contributed by atoms with Crippen molar-refractivity contribution in [3.63, 3.8) is 0 Å². The number of carbonyl (C=O) groups is 1. The highest BCUT2D eigenvalue weighted by Gasteiger charge is 2.40. The first-order chi connectivity index (χ1) is 14.6.